The number of aryl methyl sites for hydroxylation is 1. The summed E-state index contributed by atoms with van der Waals surface area (Å²) in [6, 6.07) is 6.01. The minimum atomic E-state index is -0.136. The van der Waals surface area contributed by atoms with Crippen molar-refractivity contribution in [1.82, 2.24) is 5.32 Å². The van der Waals surface area contributed by atoms with Gasteiger partial charge in [-0.1, -0.05) is 19.1 Å². The van der Waals surface area contributed by atoms with Gasteiger partial charge in [0.05, 0.1) is 5.69 Å². The number of benzene rings is 1. The Balaban J connectivity index is 2.31. The van der Waals surface area contributed by atoms with E-state index in [1.165, 1.54) is 11.3 Å². The summed E-state index contributed by atoms with van der Waals surface area (Å²) in [6.07, 6.45) is 6.64. The average molecular weight is 286 g/mol. The fourth-order valence-electron chi connectivity index (χ4n) is 2.08. The van der Waals surface area contributed by atoms with Gasteiger partial charge in [-0.05, 0) is 25.0 Å². The third-order valence-electron chi connectivity index (χ3n) is 3.28. The molecule has 1 unspecified atom stereocenters. The van der Waals surface area contributed by atoms with Crippen molar-refractivity contribution < 1.29 is 4.79 Å². The number of hydrogen-bond donors (Lipinski definition) is 2. The molecule has 104 valence electrons. The Morgan fingerprint density at radius 1 is 1.55 bits per heavy atom. The quantitative estimate of drug-likeness (QED) is 0.847. The van der Waals surface area contributed by atoms with Gasteiger partial charge in [0.25, 0.3) is 5.91 Å². The maximum atomic E-state index is 12.3. The van der Waals surface area contributed by atoms with E-state index < -0.39 is 0 Å². The van der Waals surface area contributed by atoms with E-state index in [0.717, 1.165) is 22.1 Å². The van der Waals surface area contributed by atoms with Crippen LogP contribution in [-0.4, -0.2) is 11.9 Å². The van der Waals surface area contributed by atoms with Gasteiger partial charge in [-0.15, -0.1) is 23.7 Å². The highest BCUT2D eigenvalue weighted by atomic mass is 32.1. The highest BCUT2D eigenvalue weighted by Gasteiger charge is 2.18. The molecule has 3 nitrogen and oxygen atoms in total. The minimum Gasteiger partial charge on any atom is -0.397 e. The van der Waals surface area contributed by atoms with E-state index >= 15 is 0 Å². The monoisotopic (exact) mass is 286 g/mol. The number of hydrogen-bond acceptors (Lipinski definition) is 3. The van der Waals surface area contributed by atoms with Gasteiger partial charge in [0.1, 0.15) is 4.88 Å². The standard InChI is InChI=1S/C16H18N2OS/c1-4-6-11(5-2)18-16(19)15-14(17)12-8-7-10(3)9-13(12)20-15/h1,7-9,11H,5-6,17H2,2-3H3,(H,18,19). The SMILES string of the molecule is C#CCC(CC)NC(=O)c1sc2cc(C)ccc2c1N. The van der Waals surface area contributed by atoms with Gasteiger partial charge in [0.2, 0.25) is 0 Å². The van der Waals surface area contributed by atoms with Crippen LogP contribution in [0, 0.1) is 19.3 Å². The number of amides is 1. The molecule has 2 rings (SSSR count). The van der Waals surface area contributed by atoms with E-state index in [1.54, 1.807) is 0 Å². The molecule has 1 aromatic heterocycles. The lowest BCUT2D eigenvalue weighted by atomic mass is 10.1. The van der Waals surface area contributed by atoms with Crippen LogP contribution in [0.5, 0.6) is 0 Å². The van der Waals surface area contributed by atoms with Crippen molar-refractivity contribution in [2.45, 2.75) is 32.7 Å². The second kappa shape index (κ2) is 5.98. The van der Waals surface area contributed by atoms with Gasteiger partial charge in [-0.3, -0.25) is 4.79 Å². The van der Waals surface area contributed by atoms with Crippen molar-refractivity contribution in [2.75, 3.05) is 5.73 Å². The number of rotatable bonds is 4. The largest absolute Gasteiger partial charge is 0.397 e. The zero-order chi connectivity index (χ0) is 14.7. The van der Waals surface area contributed by atoms with Crippen LogP contribution in [0.3, 0.4) is 0 Å². The number of nitrogens with one attached hydrogen (secondary N) is 1. The Bertz CT molecular complexity index is 682. The lowest BCUT2D eigenvalue weighted by Crippen LogP contribution is -2.33. The maximum Gasteiger partial charge on any atom is 0.263 e. The number of nitrogen functional groups attached to an aromatic ring is 1. The average Bonchev–Trinajstić information content (AvgIpc) is 2.74. The smallest absolute Gasteiger partial charge is 0.263 e. The molecule has 0 aliphatic carbocycles. The highest BCUT2D eigenvalue weighted by Crippen LogP contribution is 2.34. The fraction of sp³-hybridized carbons (Fsp3) is 0.312. The fourth-order valence-corrected chi connectivity index (χ4v) is 3.21. The number of fused-ring (bicyclic) bond motifs is 1. The van der Waals surface area contributed by atoms with E-state index in [1.807, 2.05) is 32.0 Å². The van der Waals surface area contributed by atoms with Crippen molar-refractivity contribution in [3.05, 3.63) is 28.6 Å². The molecule has 0 radical (unpaired) electrons. The molecule has 1 amide bonds. The van der Waals surface area contributed by atoms with Crippen LogP contribution in [0.15, 0.2) is 18.2 Å². The predicted molar refractivity (Wildman–Crippen MR) is 86.0 cm³/mol. The van der Waals surface area contributed by atoms with Crippen molar-refractivity contribution in [3.63, 3.8) is 0 Å². The molecule has 0 saturated heterocycles. The second-order valence-electron chi connectivity index (χ2n) is 4.83. The summed E-state index contributed by atoms with van der Waals surface area (Å²) >= 11 is 1.43. The molecule has 0 bridgehead atoms. The molecule has 2 aromatic rings. The third-order valence-corrected chi connectivity index (χ3v) is 4.45. The number of carbonyl (C=O) groups is 1. The van der Waals surface area contributed by atoms with Crippen LogP contribution in [-0.2, 0) is 0 Å². The molecular weight excluding hydrogens is 268 g/mol. The number of carbonyl (C=O) groups excluding carboxylic acids is 1. The Morgan fingerprint density at radius 2 is 2.30 bits per heavy atom. The number of terminal acetylenes is 1. The zero-order valence-corrected chi connectivity index (χ0v) is 12.5. The Hall–Kier alpha value is -1.99. The maximum absolute atomic E-state index is 12.3. The van der Waals surface area contributed by atoms with Gasteiger partial charge in [0.15, 0.2) is 0 Å². The molecule has 0 aliphatic rings. The summed E-state index contributed by atoms with van der Waals surface area (Å²) in [6.45, 7) is 4.02. The Morgan fingerprint density at radius 3 is 2.95 bits per heavy atom. The van der Waals surface area contributed by atoms with Gasteiger partial charge < -0.3 is 11.1 Å². The van der Waals surface area contributed by atoms with Gasteiger partial charge >= 0.3 is 0 Å². The van der Waals surface area contributed by atoms with Crippen LogP contribution >= 0.6 is 11.3 Å². The van der Waals surface area contributed by atoms with E-state index in [0.29, 0.717) is 17.0 Å². The summed E-state index contributed by atoms with van der Waals surface area (Å²) in [7, 11) is 0. The summed E-state index contributed by atoms with van der Waals surface area (Å²) in [5.41, 5.74) is 7.80. The van der Waals surface area contributed by atoms with Crippen LogP contribution in [0.1, 0.15) is 35.0 Å². The molecule has 0 fully saturated rings. The number of anilines is 1. The molecule has 0 saturated carbocycles. The molecule has 1 aromatic carbocycles. The first kappa shape index (κ1) is 14.4. The molecule has 3 N–H and O–H groups in total. The highest BCUT2D eigenvalue weighted by molar-refractivity contribution is 7.21. The number of nitrogens with two attached hydrogens (primary N) is 1. The Kier molecular flexibility index (Phi) is 4.31. The second-order valence-corrected chi connectivity index (χ2v) is 5.88. The van der Waals surface area contributed by atoms with Gasteiger partial charge in [0, 0.05) is 22.5 Å². The van der Waals surface area contributed by atoms with Crippen molar-refractivity contribution in [3.8, 4) is 12.3 Å². The molecule has 20 heavy (non-hydrogen) atoms. The van der Waals surface area contributed by atoms with E-state index in [9.17, 15) is 4.79 Å². The van der Waals surface area contributed by atoms with Crippen LogP contribution < -0.4 is 11.1 Å². The minimum absolute atomic E-state index is 0.00107. The third kappa shape index (κ3) is 2.78. The molecular formula is C16H18N2OS. The van der Waals surface area contributed by atoms with E-state index in [2.05, 4.69) is 11.2 Å². The molecule has 1 atom stereocenters. The van der Waals surface area contributed by atoms with Crippen LogP contribution in [0.4, 0.5) is 5.69 Å². The van der Waals surface area contributed by atoms with Crippen LogP contribution in [0.25, 0.3) is 10.1 Å². The summed E-state index contributed by atoms with van der Waals surface area (Å²) in [4.78, 5) is 12.9. The Labute approximate surface area is 123 Å². The van der Waals surface area contributed by atoms with Gasteiger partial charge in [-0.2, -0.15) is 0 Å². The lowest BCUT2D eigenvalue weighted by molar-refractivity contribution is 0.0941. The first-order valence-electron chi connectivity index (χ1n) is 6.59. The van der Waals surface area contributed by atoms with E-state index in [-0.39, 0.29) is 11.9 Å². The summed E-state index contributed by atoms with van der Waals surface area (Å²) in [5, 5.41) is 3.89. The number of thiophene rings is 1. The first-order valence-corrected chi connectivity index (χ1v) is 7.41. The lowest BCUT2D eigenvalue weighted by Gasteiger charge is -2.13. The van der Waals surface area contributed by atoms with E-state index in [4.69, 9.17) is 12.2 Å². The normalized spacial score (nSPS) is 12.1. The van der Waals surface area contributed by atoms with Crippen molar-refractivity contribution in [2.24, 2.45) is 0 Å². The molecule has 0 aliphatic heterocycles. The molecule has 4 heteroatoms. The van der Waals surface area contributed by atoms with Crippen molar-refractivity contribution >= 4 is 33.0 Å². The zero-order valence-electron chi connectivity index (χ0n) is 11.7. The van der Waals surface area contributed by atoms with Crippen LogP contribution in [0.2, 0.25) is 0 Å². The van der Waals surface area contributed by atoms with Gasteiger partial charge in [-0.25, -0.2) is 0 Å². The molecule has 0 spiro atoms. The summed E-state index contributed by atoms with van der Waals surface area (Å²) in [5.74, 6) is 2.45. The first-order chi connectivity index (χ1) is 9.56. The summed E-state index contributed by atoms with van der Waals surface area (Å²) < 4.78 is 1.04. The predicted octanol–water partition coefficient (Wildman–Crippen LogP) is 3.32. The van der Waals surface area contributed by atoms with Crippen molar-refractivity contribution in [1.29, 1.82) is 0 Å². The molecule has 1 heterocycles. The topological polar surface area (TPSA) is 55.1 Å².